The van der Waals surface area contributed by atoms with Gasteiger partial charge in [0.2, 0.25) is 0 Å². The topological polar surface area (TPSA) is 54.5 Å². The first-order chi connectivity index (χ1) is 11.2. The molecule has 5 unspecified atom stereocenters. The van der Waals surface area contributed by atoms with Crippen molar-refractivity contribution in [1.82, 2.24) is 14.2 Å². The lowest BCUT2D eigenvalue weighted by molar-refractivity contribution is -0.0652. The van der Waals surface area contributed by atoms with Crippen LogP contribution in [-0.2, 0) is 18.6 Å². The molecule has 0 aromatic heterocycles. The molecule has 0 N–H and O–H groups in total. The second kappa shape index (κ2) is 8.67. The van der Waals surface area contributed by atoms with Crippen LogP contribution in [0.25, 0.3) is 0 Å². The zero-order valence-corrected chi connectivity index (χ0v) is 16.0. The summed E-state index contributed by atoms with van der Waals surface area (Å²) in [5.41, 5.74) is 0. The minimum absolute atomic E-state index is 0.0453. The van der Waals surface area contributed by atoms with Gasteiger partial charge in [0.15, 0.2) is 0 Å². The number of hydrogen-bond acceptors (Lipinski definition) is 5. The molecule has 5 atom stereocenters. The van der Waals surface area contributed by atoms with E-state index in [2.05, 4.69) is 4.90 Å². The minimum atomic E-state index is -3.19. The number of ether oxygens (including phenoxy) is 2. The predicted molar refractivity (Wildman–Crippen MR) is 95.4 cm³/mol. The Balaban J connectivity index is 2.03. The fraction of sp³-hybridized carbons (Fsp3) is 1.00. The SMILES string of the molecule is [B]C1CN(C)CC(COP(=O)(N(C)C)N2CC([B])OC(CC)C2)O1. The molecule has 0 amide bonds. The molecule has 2 aliphatic rings. The first-order valence-electron chi connectivity index (χ1n) is 8.43. The largest absolute Gasteiger partial charge is 0.382 e. The molecule has 7 nitrogen and oxygen atoms in total. The van der Waals surface area contributed by atoms with E-state index in [0.29, 0.717) is 26.2 Å². The van der Waals surface area contributed by atoms with Gasteiger partial charge in [0, 0.05) is 38.2 Å². The quantitative estimate of drug-likeness (QED) is 0.495. The molecule has 0 spiro atoms. The van der Waals surface area contributed by atoms with Crippen molar-refractivity contribution < 1.29 is 18.6 Å². The Bertz CT molecular complexity index is 450. The van der Waals surface area contributed by atoms with E-state index in [-0.39, 0.29) is 24.8 Å². The van der Waals surface area contributed by atoms with E-state index < -0.39 is 13.7 Å². The molecule has 2 saturated heterocycles. The summed E-state index contributed by atoms with van der Waals surface area (Å²) in [6, 6.07) is -0.816. The van der Waals surface area contributed by atoms with E-state index in [1.807, 2.05) is 18.6 Å². The van der Waals surface area contributed by atoms with Crippen molar-refractivity contribution in [1.29, 1.82) is 0 Å². The van der Waals surface area contributed by atoms with E-state index in [4.69, 9.17) is 29.7 Å². The van der Waals surface area contributed by atoms with E-state index in [1.54, 1.807) is 18.8 Å². The first-order valence-corrected chi connectivity index (χ1v) is 9.96. The predicted octanol–water partition coefficient (Wildman–Crippen LogP) is 0.103. The third kappa shape index (κ3) is 5.07. The Hall–Kier alpha value is 0.120. The summed E-state index contributed by atoms with van der Waals surface area (Å²) in [4.78, 5) is 2.08. The monoisotopic (exact) mass is 355 g/mol. The minimum Gasteiger partial charge on any atom is -0.382 e. The maximum atomic E-state index is 13.5. The van der Waals surface area contributed by atoms with Gasteiger partial charge in [0.05, 0.1) is 18.8 Å². The maximum absolute atomic E-state index is 13.5. The molecule has 0 aliphatic carbocycles. The summed E-state index contributed by atoms with van der Waals surface area (Å²) in [6.07, 6.45) is 0.558. The fourth-order valence-electron chi connectivity index (χ4n) is 3.07. The highest BCUT2D eigenvalue weighted by atomic mass is 31.2. The van der Waals surface area contributed by atoms with Crippen molar-refractivity contribution in [3.8, 4) is 0 Å². The Morgan fingerprint density at radius 3 is 2.33 bits per heavy atom. The van der Waals surface area contributed by atoms with E-state index in [1.165, 1.54) is 0 Å². The highest BCUT2D eigenvalue weighted by molar-refractivity contribution is 7.53. The van der Waals surface area contributed by atoms with Crippen LogP contribution in [0, 0.1) is 0 Å². The van der Waals surface area contributed by atoms with Crippen molar-refractivity contribution in [3.05, 3.63) is 0 Å². The van der Waals surface area contributed by atoms with Crippen LogP contribution in [0.15, 0.2) is 0 Å². The van der Waals surface area contributed by atoms with Gasteiger partial charge in [-0.25, -0.2) is 9.34 Å². The van der Waals surface area contributed by atoms with Gasteiger partial charge in [-0.2, -0.15) is 0 Å². The van der Waals surface area contributed by atoms with E-state index in [9.17, 15) is 4.57 Å². The standard InChI is InChI=1S/C14H28B2N3O4P/c1-5-11-7-19(9-14(16)22-11)24(20,17(2)3)21-10-12-6-18(4)8-13(15)23-12/h11-14H,5-10H2,1-4H3. The zero-order chi connectivity index (χ0) is 17.9. The summed E-state index contributed by atoms with van der Waals surface area (Å²) in [6.45, 7) is 4.52. The Morgan fingerprint density at radius 2 is 1.75 bits per heavy atom. The average molecular weight is 355 g/mol. The third-order valence-corrected chi connectivity index (χ3v) is 6.83. The van der Waals surface area contributed by atoms with Crippen molar-refractivity contribution in [3.63, 3.8) is 0 Å². The van der Waals surface area contributed by atoms with Crippen molar-refractivity contribution in [2.45, 2.75) is 37.6 Å². The molecule has 0 saturated carbocycles. The highest BCUT2D eigenvalue weighted by Gasteiger charge is 2.40. The number of hydrogen-bond donors (Lipinski definition) is 0. The first kappa shape index (κ1) is 20.4. The lowest BCUT2D eigenvalue weighted by atomic mass is 9.98. The smallest absolute Gasteiger partial charge is 0.345 e. The van der Waals surface area contributed by atoms with Gasteiger partial charge in [-0.05, 0) is 27.6 Å². The van der Waals surface area contributed by atoms with Gasteiger partial charge in [-0.3, -0.25) is 4.57 Å². The molecule has 0 aromatic rings. The summed E-state index contributed by atoms with van der Waals surface area (Å²) < 4.78 is 34.2. The summed E-state index contributed by atoms with van der Waals surface area (Å²) in [5, 5.41) is 0. The number of morpholine rings is 2. The van der Waals surface area contributed by atoms with Crippen LogP contribution in [-0.4, -0.2) is 108 Å². The molecule has 4 radical (unpaired) electrons. The maximum Gasteiger partial charge on any atom is 0.345 e. The normalized spacial score (nSPS) is 35.9. The van der Waals surface area contributed by atoms with Crippen molar-refractivity contribution in [2.75, 3.05) is 53.9 Å². The molecule has 2 rings (SSSR count). The number of rotatable bonds is 6. The third-order valence-electron chi connectivity index (χ3n) is 4.29. The lowest BCUT2D eigenvalue weighted by Crippen LogP contribution is -2.49. The van der Waals surface area contributed by atoms with Crippen molar-refractivity contribution in [2.24, 2.45) is 0 Å². The molecule has 10 heteroatoms. The Labute approximate surface area is 148 Å². The van der Waals surface area contributed by atoms with Gasteiger partial charge in [-0.15, -0.1) is 0 Å². The van der Waals surface area contributed by atoms with Crippen LogP contribution in [0.1, 0.15) is 13.3 Å². The van der Waals surface area contributed by atoms with E-state index in [0.717, 1.165) is 6.42 Å². The van der Waals surface area contributed by atoms with Crippen LogP contribution in [0.2, 0.25) is 0 Å². The summed E-state index contributed by atoms with van der Waals surface area (Å²) in [7, 11) is 14.1. The van der Waals surface area contributed by atoms with Crippen LogP contribution in [0.3, 0.4) is 0 Å². The van der Waals surface area contributed by atoms with Crippen LogP contribution >= 0.6 is 7.67 Å². The van der Waals surface area contributed by atoms with Gasteiger partial charge >= 0.3 is 7.67 Å². The fourth-order valence-corrected chi connectivity index (χ4v) is 5.08. The molecular weight excluding hydrogens is 327 g/mol. The average Bonchev–Trinajstić information content (AvgIpc) is 2.50. The number of nitrogens with zero attached hydrogens (tertiary/aromatic N) is 3. The molecule has 0 aromatic carbocycles. The Kier molecular flexibility index (Phi) is 7.38. The number of likely N-dealkylation sites (N-methyl/N-ethyl adjacent to an activating group) is 1. The van der Waals surface area contributed by atoms with Crippen LogP contribution < -0.4 is 0 Å². The summed E-state index contributed by atoms with van der Waals surface area (Å²) in [5.74, 6) is 0. The Morgan fingerprint density at radius 1 is 1.12 bits per heavy atom. The molecule has 2 aliphatic heterocycles. The summed E-state index contributed by atoms with van der Waals surface area (Å²) >= 11 is 0. The van der Waals surface area contributed by atoms with Crippen LogP contribution in [0.5, 0.6) is 0 Å². The molecule has 0 bridgehead atoms. The van der Waals surface area contributed by atoms with E-state index >= 15 is 0 Å². The second-order valence-corrected chi connectivity index (χ2v) is 9.33. The molecule has 2 heterocycles. The van der Waals surface area contributed by atoms with Crippen molar-refractivity contribution >= 4 is 23.4 Å². The molecule has 134 valence electrons. The second-order valence-electron chi connectivity index (χ2n) is 6.73. The van der Waals surface area contributed by atoms with Gasteiger partial charge in [0.1, 0.15) is 15.7 Å². The van der Waals surface area contributed by atoms with Gasteiger partial charge in [-0.1, -0.05) is 6.92 Å². The molecule has 2 fully saturated rings. The lowest BCUT2D eigenvalue weighted by Gasteiger charge is -2.43. The van der Waals surface area contributed by atoms with Crippen LogP contribution in [0.4, 0.5) is 0 Å². The molecule has 24 heavy (non-hydrogen) atoms. The van der Waals surface area contributed by atoms with Gasteiger partial charge in [0.25, 0.3) is 0 Å². The highest BCUT2D eigenvalue weighted by Crippen LogP contribution is 2.53. The molecular formula is C14H28B2N3O4P. The van der Waals surface area contributed by atoms with Gasteiger partial charge < -0.3 is 18.9 Å². The zero-order valence-electron chi connectivity index (χ0n) is 15.1.